The highest BCUT2D eigenvalue weighted by atomic mass is 35.5. The largest absolute Gasteiger partial charge is 0.397 e. The average molecular weight is 238 g/mol. The van der Waals surface area contributed by atoms with Crippen LogP contribution < -0.4 is 5.73 Å². The fraction of sp³-hybridized carbons (Fsp3) is 0. The number of rotatable bonds is 0. The minimum Gasteiger partial charge on any atom is -0.397 e. The van der Waals surface area contributed by atoms with E-state index in [4.69, 9.17) is 34.2 Å². The second-order valence-electron chi connectivity index (χ2n) is 2.98. The number of hydrogen-bond acceptors (Lipinski definition) is 3. The van der Waals surface area contributed by atoms with Crippen LogP contribution in [0.1, 0.15) is 5.56 Å². The van der Waals surface area contributed by atoms with E-state index in [1.54, 1.807) is 12.1 Å². The number of fused-ring (bicyclic) bond motifs is 1. The van der Waals surface area contributed by atoms with E-state index in [9.17, 15) is 0 Å². The standard InChI is InChI=1S/C10H5Cl2N3/c11-6-1-7-9(14)5(3-13)4-15-10(7)8(12)2-6/h1-2,4H,(H2,14,15). The molecule has 0 saturated heterocycles. The number of pyridine rings is 1. The molecule has 0 saturated carbocycles. The molecule has 0 fully saturated rings. The van der Waals surface area contributed by atoms with Crippen LogP contribution in [0.15, 0.2) is 18.3 Å². The Hall–Kier alpha value is -1.50. The summed E-state index contributed by atoms with van der Waals surface area (Å²) in [5, 5.41) is 10.3. The van der Waals surface area contributed by atoms with Crippen LogP contribution in [0.3, 0.4) is 0 Å². The summed E-state index contributed by atoms with van der Waals surface area (Å²) >= 11 is 11.8. The van der Waals surface area contributed by atoms with Crippen molar-refractivity contribution in [2.75, 3.05) is 5.73 Å². The molecule has 0 aliphatic heterocycles. The Bertz CT molecular complexity index is 587. The Morgan fingerprint density at radius 2 is 2.07 bits per heavy atom. The Morgan fingerprint density at radius 1 is 1.33 bits per heavy atom. The highest BCUT2D eigenvalue weighted by molar-refractivity contribution is 6.38. The summed E-state index contributed by atoms with van der Waals surface area (Å²) in [6.45, 7) is 0. The van der Waals surface area contributed by atoms with Gasteiger partial charge >= 0.3 is 0 Å². The molecule has 1 aromatic carbocycles. The number of aromatic nitrogens is 1. The molecule has 0 spiro atoms. The first-order chi connectivity index (χ1) is 7.13. The van der Waals surface area contributed by atoms with Crippen molar-refractivity contribution < 1.29 is 0 Å². The number of nitrogen functional groups attached to an aromatic ring is 1. The van der Waals surface area contributed by atoms with Crippen LogP contribution in [-0.2, 0) is 0 Å². The normalized spacial score (nSPS) is 10.2. The molecule has 0 bridgehead atoms. The van der Waals surface area contributed by atoms with Crippen molar-refractivity contribution in [2.45, 2.75) is 0 Å². The molecule has 0 radical (unpaired) electrons. The van der Waals surface area contributed by atoms with Gasteiger partial charge in [0.25, 0.3) is 0 Å². The van der Waals surface area contributed by atoms with Gasteiger partial charge in [-0.25, -0.2) is 0 Å². The van der Waals surface area contributed by atoms with Crippen LogP contribution in [0.25, 0.3) is 10.9 Å². The molecule has 1 heterocycles. The molecule has 2 N–H and O–H groups in total. The summed E-state index contributed by atoms with van der Waals surface area (Å²) < 4.78 is 0. The van der Waals surface area contributed by atoms with Crippen molar-refractivity contribution in [1.29, 1.82) is 5.26 Å². The van der Waals surface area contributed by atoms with Crippen LogP contribution in [0.5, 0.6) is 0 Å². The van der Waals surface area contributed by atoms with Crippen LogP contribution in [-0.4, -0.2) is 4.98 Å². The summed E-state index contributed by atoms with van der Waals surface area (Å²) in [6.07, 6.45) is 1.40. The zero-order chi connectivity index (χ0) is 11.0. The number of nitriles is 1. The van der Waals surface area contributed by atoms with Gasteiger partial charge in [-0.1, -0.05) is 23.2 Å². The van der Waals surface area contributed by atoms with Crippen molar-refractivity contribution in [2.24, 2.45) is 0 Å². The van der Waals surface area contributed by atoms with E-state index >= 15 is 0 Å². The first-order valence-corrected chi connectivity index (χ1v) is 4.82. The van der Waals surface area contributed by atoms with Crippen molar-refractivity contribution in [3.63, 3.8) is 0 Å². The minimum atomic E-state index is 0.320. The summed E-state index contributed by atoms with van der Waals surface area (Å²) in [5.41, 5.74) is 7.01. The van der Waals surface area contributed by atoms with E-state index in [0.29, 0.717) is 32.2 Å². The molecule has 2 rings (SSSR count). The Balaban J connectivity index is 2.94. The molecule has 0 aliphatic carbocycles. The molecule has 2 aromatic rings. The molecule has 0 atom stereocenters. The third-order valence-electron chi connectivity index (χ3n) is 2.05. The summed E-state index contributed by atoms with van der Waals surface area (Å²) in [4.78, 5) is 4.06. The van der Waals surface area contributed by atoms with Crippen LogP contribution >= 0.6 is 23.2 Å². The molecule has 0 amide bonds. The van der Waals surface area contributed by atoms with Crippen LogP contribution in [0.4, 0.5) is 5.69 Å². The van der Waals surface area contributed by atoms with Crippen molar-refractivity contribution in [3.8, 4) is 6.07 Å². The first kappa shape index (κ1) is 10.0. The minimum absolute atomic E-state index is 0.320. The smallest absolute Gasteiger partial charge is 0.103 e. The number of halogens is 2. The van der Waals surface area contributed by atoms with Gasteiger partial charge < -0.3 is 5.73 Å². The predicted octanol–water partition coefficient (Wildman–Crippen LogP) is 3.00. The monoisotopic (exact) mass is 237 g/mol. The van der Waals surface area contributed by atoms with E-state index < -0.39 is 0 Å². The molecular weight excluding hydrogens is 233 g/mol. The maximum Gasteiger partial charge on any atom is 0.103 e. The topological polar surface area (TPSA) is 62.7 Å². The van der Waals surface area contributed by atoms with Gasteiger partial charge in [-0.05, 0) is 12.1 Å². The Morgan fingerprint density at radius 3 is 2.73 bits per heavy atom. The second-order valence-corrected chi connectivity index (χ2v) is 3.82. The lowest BCUT2D eigenvalue weighted by atomic mass is 10.1. The summed E-state index contributed by atoms with van der Waals surface area (Å²) in [6, 6.07) is 5.18. The average Bonchev–Trinajstić information content (AvgIpc) is 2.19. The summed E-state index contributed by atoms with van der Waals surface area (Å²) in [5.74, 6) is 0. The maximum atomic E-state index is 8.78. The summed E-state index contributed by atoms with van der Waals surface area (Å²) in [7, 11) is 0. The third-order valence-corrected chi connectivity index (χ3v) is 2.56. The predicted molar refractivity (Wildman–Crippen MR) is 60.9 cm³/mol. The van der Waals surface area contributed by atoms with Gasteiger partial charge in [0, 0.05) is 16.6 Å². The van der Waals surface area contributed by atoms with E-state index in [1.165, 1.54) is 6.20 Å². The SMILES string of the molecule is N#Cc1cnc2c(Cl)cc(Cl)cc2c1N. The third kappa shape index (κ3) is 1.58. The van der Waals surface area contributed by atoms with Crippen molar-refractivity contribution in [1.82, 2.24) is 4.98 Å². The van der Waals surface area contributed by atoms with Crippen molar-refractivity contribution in [3.05, 3.63) is 33.9 Å². The molecule has 1 aromatic heterocycles. The van der Waals surface area contributed by atoms with Gasteiger partial charge in [-0.3, -0.25) is 4.98 Å². The fourth-order valence-corrected chi connectivity index (χ4v) is 1.88. The molecule has 74 valence electrons. The maximum absolute atomic E-state index is 8.78. The van der Waals surface area contributed by atoms with E-state index in [0.717, 1.165) is 0 Å². The fourth-order valence-electron chi connectivity index (χ4n) is 1.34. The van der Waals surface area contributed by atoms with Crippen molar-refractivity contribution >= 4 is 39.8 Å². The number of hydrogen-bond donors (Lipinski definition) is 1. The lowest BCUT2D eigenvalue weighted by molar-refractivity contribution is 1.37. The van der Waals surface area contributed by atoms with E-state index in [2.05, 4.69) is 4.98 Å². The van der Waals surface area contributed by atoms with Gasteiger partial charge in [0.1, 0.15) is 6.07 Å². The quantitative estimate of drug-likeness (QED) is 0.767. The second kappa shape index (κ2) is 3.58. The Kier molecular flexibility index (Phi) is 2.39. The zero-order valence-corrected chi connectivity index (χ0v) is 8.97. The highest BCUT2D eigenvalue weighted by Crippen LogP contribution is 2.31. The van der Waals surface area contributed by atoms with E-state index in [-0.39, 0.29) is 0 Å². The van der Waals surface area contributed by atoms with Gasteiger partial charge in [0.2, 0.25) is 0 Å². The number of benzene rings is 1. The molecule has 5 heteroatoms. The zero-order valence-electron chi connectivity index (χ0n) is 7.46. The molecule has 0 unspecified atom stereocenters. The van der Waals surface area contributed by atoms with Gasteiger partial charge in [-0.15, -0.1) is 0 Å². The molecular formula is C10H5Cl2N3. The Labute approximate surface area is 96.0 Å². The first-order valence-electron chi connectivity index (χ1n) is 4.07. The van der Waals surface area contributed by atoms with Gasteiger partial charge in [-0.2, -0.15) is 5.26 Å². The van der Waals surface area contributed by atoms with Crippen LogP contribution in [0, 0.1) is 11.3 Å². The van der Waals surface area contributed by atoms with Gasteiger partial charge in [0.05, 0.1) is 21.8 Å². The number of nitrogens with two attached hydrogens (primary N) is 1. The van der Waals surface area contributed by atoms with E-state index in [1.807, 2.05) is 6.07 Å². The number of nitrogens with zero attached hydrogens (tertiary/aromatic N) is 2. The lowest BCUT2D eigenvalue weighted by Gasteiger charge is -2.05. The molecule has 15 heavy (non-hydrogen) atoms. The molecule has 3 nitrogen and oxygen atoms in total. The van der Waals surface area contributed by atoms with Gasteiger partial charge in [0.15, 0.2) is 0 Å². The molecule has 0 aliphatic rings. The number of anilines is 1. The van der Waals surface area contributed by atoms with Crippen LogP contribution in [0.2, 0.25) is 10.0 Å². The lowest BCUT2D eigenvalue weighted by Crippen LogP contribution is -1.94. The highest BCUT2D eigenvalue weighted by Gasteiger charge is 2.09.